The minimum atomic E-state index is -0.236. The standard InChI is InChI=1S/C25H27FN2O/c26-19-6-3-5-16(12-19)18-8-9-20(27-14-18)10-11-22-21-7-2-1-4-17(21)13-23-24(22)15-28-25(23)29/h3,5-6,8-12,14,17,21-24H,1-2,4,7,13,15H2,(H,28,29)/b11-10+/t17?,21?,22?,23-,24+/m0/s1. The number of benzene rings is 1. The van der Waals surface area contributed by atoms with Gasteiger partial charge >= 0.3 is 0 Å². The third kappa shape index (κ3) is 3.61. The summed E-state index contributed by atoms with van der Waals surface area (Å²) in [6.45, 7) is 0.813. The molecule has 2 aromatic rings. The first kappa shape index (κ1) is 18.5. The van der Waals surface area contributed by atoms with Gasteiger partial charge in [-0.2, -0.15) is 0 Å². The minimum Gasteiger partial charge on any atom is -0.356 e. The van der Waals surface area contributed by atoms with E-state index < -0.39 is 0 Å². The average molecular weight is 391 g/mol. The molecule has 2 heterocycles. The monoisotopic (exact) mass is 390 g/mol. The number of carbonyl (C=O) groups excluding carboxylic acids is 1. The van der Waals surface area contributed by atoms with Crippen LogP contribution in [0.25, 0.3) is 17.2 Å². The summed E-state index contributed by atoms with van der Waals surface area (Å²) in [5, 5.41) is 3.11. The Labute approximate surface area is 171 Å². The molecule has 4 heteroatoms. The van der Waals surface area contributed by atoms with Gasteiger partial charge in [0.25, 0.3) is 0 Å². The first-order valence-corrected chi connectivity index (χ1v) is 10.9. The summed E-state index contributed by atoms with van der Waals surface area (Å²) in [7, 11) is 0. The Kier molecular flexibility index (Phi) is 4.94. The van der Waals surface area contributed by atoms with Crippen LogP contribution in [0.15, 0.2) is 48.7 Å². The van der Waals surface area contributed by atoms with Crippen LogP contribution in [0, 0.1) is 35.4 Å². The molecule has 0 spiro atoms. The first-order chi connectivity index (χ1) is 14.2. The Bertz CT molecular complexity index is 923. The molecule has 1 saturated heterocycles. The number of rotatable bonds is 3. The summed E-state index contributed by atoms with van der Waals surface area (Å²) in [5.74, 6) is 2.46. The van der Waals surface area contributed by atoms with E-state index in [9.17, 15) is 9.18 Å². The van der Waals surface area contributed by atoms with Gasteiger partial charge in [-0.25, -0.2) is 4.39 Å². The molecular weight excluding hydrogens is 363 g/mol. The van der Waals surface area contributed by atoms with Gasteiger partial charge in [0.2, 0.25) is 5.91 Å². The van der Waals surface area contributed by atoms with Gasteiger partial charge in [-0.15, -0.1) is 0 Å². The highest BCUT2D eigenvalue weighted by Gasteiger charge is 2.49. The molecule has 1 aliphatic heterocycles. The molecule has 3 fully saturated rings. The van der Waals surface area contributed by atoms with Crippen molar-refractivity contribution < 1.29 is 9.18 Å². The van der Waals surface area contributed by atoms with Crippen LogP contribution in [0.5, 0.6) is 0 Å². The van der Waals surface area contributed by atoms with Crippen molar-refractivity contribution in [2.24, 2.45) is 29.6 Å². The number of aromatic nitrogens is 1. The molecule has 150 valence electrons. The lowest BCUT2D eigenvalue weighted by atomic mass is 9.58. The topological polar surface area (TPSA) is 42.0 Å². The van der Waals surface area contributed by atoms with Crippen LogP contribution in [0.4, 0.5) is 4.39 Å². The smallest absolute Gasteiger partial charge is 0.223 e. The van der Waals surface area contributed by atoms with E-state index in [0.29, 0.717) is 23.7 Å². The number of hydrogen-bond acceptors (Lipinski definition) is 2. The summed E-state index contributed by atoms with van der Waals surface area (Å²) >= 11 is 0. The van der Waals surface area contributed by atoms with Crippen molar-refractivity contribution in [3.05, 3.63) is 60.2 Å². The van der Waals surface area contributed by atoms with Gasteiger partial charge in [0.05, 0.1) is 5.69 Å². The zero-order valence-corrected chi connectivity index (χ0v) is 16.6. The Hall–Kier alpha value is -2.49. The molecular formula is C25H27FN2O. The molecule has 3 aliphatic rings. The van der Waals surface area contributed by atoms with Crippen molar-refractivity contribution in [1.82, 2.24) is 10.3 Å². The highest BCUT2D eigenvalue weighted by molar-refractivity contribution is 5.81. The number of pyridine rings is 1. The normalized spacial score (nSPS) is 31.3. The number of amides is 1. The van der Waals surface area contributed by atoms with Crippen molar-refractivity contribution in [2.75, 3.05) is 6.54 Å². The molecule has 5 rings (SSSR count). The summed E-state index contributed by atoms with van der Waals surface area (Å²) in [5.41, 5.74) is 2.66. The van der Waals surface area contributed by atoms with Gasteiger partial charge in [-0.05, 0) is 66.4 Å². The number of nitrogens with one attached hydrogen (secondary N) is 1. The molecule has 3 unspecified atom stereocenters. The fourth-order valence-electron chi connectivity index (χ4n) is 5.89. The molecule has 1 aromatic heterocycles. The van der Waals surface area contributed by atoms with Crippen molar-refractivity contribution in [1.29, 1.82) is 0 Å². The largest absolute Gasteiger partial charge is 0.356 e. The molecule has 2 aliphatic carbocycles. The van der Waals surface area contributed by atoms with Crippen molar-refractivity contribution in [2.45, 2.75) is 32.1 Å². The van der Waals surface area contributed by atoms with Crippen LogP contribution in [-0.4, -0.2) is 17.4 Å². The summed E-state index contributed by atoms with van der Waals surface area (Å²) in [6, 6.07) is 10.6. The highest BCUT2D eigenvalue weighted by atomic mass is 19.1. The fourth-order valence-corrected chi connectivity index (χ4v) is 5.89. The number of hydrogen-bond donors (Lipinski definition) is 1. The van der Waals surface area contributed by atoms with E-state index >= 15 is 0 Å². The van der Waals surface area contributed by atoms with Gasteiger partial charge in [-0.3, -0.25) is 9.78 Å². The third-order valence-electron chi connectivity index (χ3n) is 7.31. The SMILES string of the molecule is O=C1NC[C@@H]2C(/C=C/c3ccc(-c4cccc(F)c4)cn3)C3CCCCC3C[C@H]12. The second-order valence-electron chi connectivity index (χ2n) is 8.88. The van der Waals surface area contributed by atoms with Crippen molar-refractivity contribution >= 4 is 12.0 Å². The zero-order chi connectivity index (χ0) is 19.8. The van der Waals surface area contributed by atoms with Crippen LogP contribution in [-0.2, 0) is 4.79 Å². The Morgan fingerprint density at radius 2 is 1.97 bits per heavy atom. The number of allylic oxidation sites excluding steroid dienone is 1. The maximum Gasteiger partial charge on any atom is 0.223 e. The quantitative estimate of drug-likeness (QED) is 0.793. The lowest BCUT2D eigenvalue weighted by molar-refractivity contribution is -0.125. The lowest BCUT2D eigenvalue weighted by Gasteiger charge is -2.45. The van der Waals surface area contributed by atoms with E-state index in [-0.39, 0.29) is 17.6 Å². The van der Waals surface area contributed by atoms with E-state index in [1.165, 1.54) is 37.8 Å². The molecule has 1 N–H and O–H groups in total. The van der Waals surface area contributed by atoms with E-state index in [1.807, 2.05) is 24.4 Å². The highest BCUT2D eigenvalue weighted by Crippen LogP contribution is 2.50. The van der Waals surface area contributed by atoms with Crippen LogP contribution in [0.2, 0.25) is 0 Å². The average Bonchev–Trinajstić information content (AvgIpc) is 3.12. The van der Waals surface area contributed by atoms with Crippen LogP contribution < -0.4 is 5.32 Å². The number of fused-ring (bicyclic) bond motifs is 2. The third-order valence-corrected chi connectivity index (χ3v) is 7.31. The fraction of sp³-hybridized carbons (Fsp3) is 0.440. The minimum absolute atomic E-state index is 0.187. The zero-order valence-electron chi connectivity index (χ0n) is 16.6. The van der Waals surface area contributed by atoms with Crippen LogP contribution in [0.1, 0.15) is 37.8 Å². The summed E-state index contributed by atoms with van der Waals surface area (Å²) in [4.78, 5) is 16.9. The number of halogens is 1. The first-order valence-electron chi connectivity index (χ1n) is 10.9. The molecule has 2 saturated carbocycles. The Morgan fingerprint density at radius 1 is 1.07 bits per heavy atom. The van der Waals surface area contributed by atoms with Crippen molar-refractivity contribution in [3.8, 4) is 11.1 Å². The maximum atomic E-state index is 13.5. The van der Waals surface area contributed by atoms with E-state index in [0.717, 1.165) is 29.8 Å². The maximum absolute atomic E-state index is 13.5. The molecule has 1 amide bonds. The van der Waals surface area contributed by atoms with Gasteiger partial charge in [0.1, 0.15) is 5.82 Å². The van der Waals surface area contributed by atoms with Gasteiger partial charge in [0.15, 0.2) is 0 Å². The Morgan fingerprint density at radius 3 is 2.79 bits per heavy atom. The van der Waals surface area contributed by atoms with Crippen LogP contribution in [0.3, 0.4) is 0 Å². The predicted molar refractivity (Wildman–Crippen MR) is 112 cm³/mol. The lowest BCUT2D eigenvalue weighted by Crippen LogP contribution is -2.41. The number of nitrogens with zero attached hydrogens (tertiary/aromatic N) is 1. The second-order valence-corrected chi connectivity index (χ2v) is 8.88. The van der Waals surface area contributed by atoms with E-state index in [4.69, 9.17) is 0 Å². The number of carbonyl (C=O) groups is 1. The second kappa shape index (κ2) is 7.74. The molecule has 3 nitrogen and oxygen atoms in total. The predicted octanol–water partition coefficient (Wildman–Crippen LogP) is 5.09. The van der Waals surface area contributed by atoms with Crippen molar-refractivity contribution in [3.63, 3.8) is 0 Å². The van der Waals surface area contributed by atoms with E-state index in [2.05, 4.69) is 22.5 Å². The molecule has 1 aromatic carbocycles. The summed E-state index contributed by atoms with van der Waals surface area (Å²) in [6.07, 6.45) is 12.5. The van der Waals surface area contributed by atoms with Crippen LogP contribution >= 0.6 is 0 Å². The molecule has 0 bridgehead atoms. The Balaban J connectivity index is 1.37. The molecule has 5 atom stereocenters. The van der Waals surface area contributed by atoms with Gasteiger partial charge in [-0.1, -0.05) is 43.5 Å². The van der Waals surface area contributed by atoms with E-state index in [1.54, 1.807) is 6.07 Å². The molecule has 0 radical (unpaired) electrons. The summed E-state index contributed by atoms with van der Waals surface area (Å²) < 4.78 is 13.5. The molecule has 29 heavy (non-hydrogen) atoms. The van der Waals surface area contributed by atoms with Gasteiger partial charge < -0.3 is 5.32 Å². The van der Waals surface area contributed by atoms with Gasteiger partial charge in [0, 0.05) is 24.2 Å².